The summed E-state index contributed by atoms with van der Waals surface area (Å²) in [5.41, 5.74) is 0. The Labute approximate surface area is 71.4 Å². The van der Waals surface area contributed by atoms with E-state index in [-0.39, 0.29) is 0 Å². The molecule has 0 radical (unpaired) electrons. The largest absolute Gasteiger partial charge is 0.304 e. The molecule has 0 aliphatic heterocycles. The van der Waals surface area contributed by atoms with Crippen molar-refractivity contribution in [1.82, 2.24) is 4.31 Å². The zero-order chi connectivity index (χ0) is 7.82. The standard InChI is InChI=1S/C6H15NOS2/c1-4-7(5-2)9-10-8-6-3/h4-6H2,1-3H3. The topological polar surface area (TPSA) is 12.5 Å². The molecular formula is C6H15NOS2. The maximum absolute atomic E-state index is 5.11. The van der Waals surface area contributed by atoms with Crippen molar-refractivity contribution in [2.75, 3.05) is 19.7 Å². The maximum Gasteiger partial charge on any atom is 0.0792 e. The highest BCUT2D eigenvalue weighted by atomic mass is 33.1. The van der Waals surface area contributed by atoms with E-state index in [1.165, 1.54) is 11.1 Å². The van der Waals surface area contributed by atoms with Gasteiger partial charge >= 0.3 is 0 Å². The van der Waals surface area contributed by atoms with Crippen LogP contribution in [0.25, 0.3) is 0 Å². The van der Waals surface area contributed by atoms with Gasteiger partial charge in [-0.05, 0) is 6.92 Å². The van der Waals surface area contributed by atoms with Crippen LogP contribution in [0.4, 0.5) is 0 Å². The van der Waals surface area contributed by atoms with Crippen LogP contribution in [0, 0.1) is 0 Å². The van der Waals surface area contributed by atoms with Gasteiger partial charge < -0.3 is 4.18 Å². The molecule has 0 unspecified atom stereocenters. The average molecular weight is 181 g/mol. The zero-order valence-corrected chi connectivity index (χ0v) is 8.43. The van der Waals surface area contributed by atoms with Gasteiger partial charge in [0.25, 0.3) is 0 Å². The Bertz CT molecular complexity index is 68.8. The molecule has 0 saturated heterocycles. The van der Waals surface area contributed by atoms with E-state index < -0.39 is 0 Å². The van der Waals surface area contributed by atoms with Gasteiger partial charge in [-0.25, -0.2) is 4.31 Å². The molecule has 0 aromatic heterocycles. The second-order valence-corrected chi connectivity index (χ2v) is 3.56. The lowest BCUT2D eigenvalue weighted by molar-refractivity contribution is 0.407. The summed E-state index contributed by atoms with van der Waals surface area (Å²) in [5, 5.41) is 0. The Kier molecular flexibility index (Phi) is 8.20. The van der Waals surface area contributed by atoms with E-state index in [4.69, 9.17) is 4.18 Å². The van der Waals surface area contributed by atoms with Crippen LogP contribution in [0.3, 0.4) is 0 Å². The smallest absolute Gasteiger partial charge is 0.0792 e. The quantitative estimate of drug-likeness (QED) is 0.270. The first-order valence-electron chi connectivity index (χ1n) is 3.56. The number of hydrogen-bond acceptors (Lipinski definition) is 4. The minimum absolute atomic E-state index is 0.777. The second kappa shape index (κ2) is 7.72. The van der Waals surface area contributed by atoms with Crippen molar-refractivity contribution >= 4 is 22.1 Å². The summed E-state index contributed by atoms with van der Waals surface area (Å²) in [6, 6.07) is 0. The highest BCUT2D eigenvalue weighted by molar-refractivity contribution is 8.73. The molecule has 0 aliphatic carbocycles. The summed E-state index contributed by atoms with van der Waals surface area (Å²) in [6.45, 7) is 9.20. The Morgan fingerprint density at radius 2 is 1.80 bits per heavy atom. The Morgan fingerprint density at radius 1 is 1.20 bits per heavy atom. The SMILES string of the molecule is CCOSSN(CC)CC. The van der Waals surface area contributed by atoms with E-state index in [1.54, 1.807) is 11.0 Å². The molecule has 0 aliphatic rings. The Hall–Kier alpha value is 0.620. The molecule has 0 saturated carbocycles. The van der Waals surface area contributed by atoms with Gasteiger partial charge in [0, 0.05) is 24.1 Å². The fraction of sp³-hybridized carbons (Fsp3) is 1.00. The maximum atomic E-state index is 5.11. The molecular weight excluding hydrogens is 166 g/mol. The first-order chi connectivity index (χ1) is 4.85. The van der Waals surface area contributed by atoms with E-state index in [0.29, 0.717) is 0 Å². The highest BCUT2D eigenvalue weighted by Gasteiger charge is 1.98. The summed E-state index contributed by atoms with van der Waals surface area (Å²) in [4.78, 5) is 0. The summed E-state index contributed by atoms with van der Waals surface area (Å²) >= 11 is 1.45. The van der Waals surface area contributed by atoms with Gasteiger partial charge in [-0.1, -0.05) is 13.8 Å². The summed E-state index contributed by atoms with van der Waals surface area (Å²) < 4.78 is 7.34. The van der Waals surface area contributed by atoms with Crippen LogP contribution >= 0.6 is 22.1 Å². The van der Waals surface area contributed by atoms with Crippen LogP contribution < -0.4 is 0 Å². The lowest BCUT2D eigenvalue weighted by Crippen LogP contribution is -2.12. The van der Waals surface area contributed by atoms with E-state index in [2.05, 4.69) is 18.2 Å². The molecule has 0 atom stereocenters. The summed E-state index contributed by atoms with van der Waals surface area (Å²) in [6.07, 6.45) is 0. The predicted octanol–water partition coefficient (Wildman–Crippen LogP) is 2.58. The number of nitrogens with zero attached hydrogens (tertiary/aromatic N) is 1. The first kappa shape index (κ1) is 10.6. The van der Waals surface area contributed by atoms with Gasteiger partial charge in [0.15, 0.2) is 0 Å². The Balaban J connectivity index is 3.09. The van der Waals surface area contributed by atoms with Gasteiger partial charge in [-0.2, -0.15) is 0 Å². The monoisotopic (exact) mass is 181 g/mol. The number of rotatable bonds is 6. The second-order valence-electron chi connectivity index (χ2n) is 1.66. The minimum atomic E-state index is 0.777. The van der Waals surface area contributed by atoms with Gasteiger partial charge in [0.1, 0.15) is 0 Å². The molecule has 4 heteroatoms. The van der Waals surface area contributed by atoms with Gasteiger partial charge in [-0.15, -0.1) is 0 Å². The van der Waals surface area contributed by atoms with Crippen molar-refractivity contribution in [3.63, 3.8) is 0 Å². The van der Waals surface area contributed by atoms with Crippen LogP contribution in [0.15, 0.2) is 0 Å². The van der Waals surface area contributed by atoms with Crippen molar-refractivity contribution in [3.8, 4) is 0 Å². The molecule has 0 heterocycles. The summed E-state index contributed by atoms with van der Waals surface area (Å²) in [5.74, 6) is 0. The molecule has 0 bridgehead atoms. The molecule has 10 heavy (non-hydrogen) atoms. The molecule has 0 aromatic carbocycles. The van der Waals surface area contributed by atoms with E-state index in [9.17, 15) is 0 Å². The molecule has 0 rings (SSSR count). The fourth-order valence-corrected chi connectivity index (χ4v) is 2.19. The molecule has 62 valence electrons. The molecule has 2 nitrogen and oxygen atoms in total. The lowest BCUT2D eigenvalue weighted by atomic mass is 10.7. The van der Waals surface area contributed by atoms with E-state index >= 15 is 0 Å². The third-order valence-electron chi connectivity index (χ3n) is 1.01. The lowest BCUT2D eigenvalue weighted by Gasteiger charge is -2.13. The Morgan fingerprint density at radius 3 is 2.20 bits per heavy atom. The highest BCUT2D eigenvalue weighted by Crippen LogP contribution is 2.25. The normalized spacial score (nSPS) is 10.8. The predicted molar refractivity (Wildman–Crippen MR) is 49.7 cm³/mol. The molecule has 0 spiro atoms. The first-order valence-corrected chi connectivity index (χ1v) is 5.59. The van der Waals surface area contributed by atoms with Gasteiger partial charge in [0.2, 0.25) is 0 Å². The van der Waals surface area contributed by atoms with Gasteiger partial charge in [-0.3, -0.25) is 0 Å². The van der Waals surface area contributed by atoms with Crippen LogP contribution in [-0.4, -0.2) is 24.0 Å². The number of hydrogen-bond donors (Lipinski definition) is 0. The van der Waals surface area contributed by atoms with Crippen molar-refractivity contribution in [3.05, 3.63) is 0 Å². The third-order valence-corrected chi connectivity index (χ3v) is 3.23. The third kappa shape index (κ3) is 5.41. The fourth-order valence-electron chi connectivity index (χ4n) is 0.442. The van der Waals surface area contributed by atoms with Crippen LogP contribution in [0.1, 0.15) is 20.8 Å². The zero-order valence-electron chi connectivity index (χ0n) is 6.79. The molecule has 0 aromatic rings. The van der Waals surface area contributed by atoms with Crippen molar-refractivity contribution in [1.29, 1.82) is 0 Å². The van der Waals surface area contributed by atoms with Crippen LogP contribution in [0.5, 0.6) is 0 Å². The van der Waals surface area contributed by atoms with Crippen molar-refractivity contribution in [2.24, 2.45) is 0 Å². The van der Waals surface area contributed by atoms with Crippen molar-refractivity contribution < 1.29 is 4.18 Å². The van der Waals surface area contributed by atoms with Crippen LogP contribution in [0.2, 0.25) is 0 Å². The average Bonchev–Trinajstić information content (AvgIpc) is 1.99. The molecule has 0 N–H and O–H groups in total. The summed E-state index contributed by atoms with van der Waals surface area (Å²) in [7, 11) is 1.67. The molecule has 0 fully saturated rings. The van der Waals surface area contributed by atoms with Crippen molar-refractivity contribution in [2.45, 2.75) is 20.8 Å². The van der Waals surface area contributed by atoms with E-state index in [1.807, 2.05) is 6.92 Å². The van der Waals surface area contributed by atoms with Gasteiger partial charge in [0.05, 0.1) is 17.7 Å². The molecule has 0 amide bonds. The van der Waals surface area contributed by atoms with E-state index in [0.717, 1.165) is 19.7 Å². The van der Waals surface area contributed by atoms with Crippen LogP contribution in [-0.2, 0) is 4.18 Å². The minimum Gasteiger partial charge on any atom is -0.304 e.